The molecule has 1 aliphatic carbocycles. The number of rotatable bonds is 3. The normalized spacial score (nSPS) is 24.9. The highest BCUT2D eigenvalue weighted by molar-refractivity contribution is 5.79. The molecule has 6 heteroatoms. The molecule has 2 heterocycles. The number of hydrogen-bond donors (Lipinski definition) is 2. The Labute approximate surface area is 123 Å². The van der Waals surface area contributed by atoms with Crippen molar-refractivity contribution in [3.8, 4) is 0 Å². The van der Waals surface area contributed by atoms with Crippen molar-refractivity contribution in [3.63, 3.8) is 0 Å². The topological polar surface area (TPSA) is 86.3 Å². The predicted octanol–water partition coefficient (Wildman–Crippen LogP) is 1.73. The number of aromatic amines is 1. The summed E-state index contributed by atoms with van der Waals surface area (Å²) in [4.78, 5) is 32.7. The van der Waals surface area contributed by atoms with Gasteiger partial charge in [-0.3, -0.25) is 4.79 Å². The maximum Gasteiger partial charge on any atom is 0.326 e. The standard InChI is InChI=1S/C15H21N3O3/c1-15(2)6-3-7-18(12(15)14(20)21)10-8-11(19)17-13(16-10)9-4-5-9/h8-9,12H,3-7H2,1-2H3,(H,20,21)(H,16,17,19). The van der Waals surface area contributed by atoms with Crippen LogP contribution in [0, 0.1) is 5.41 Å². The van der Waals surface area contributed by atoms with Crippen LogP contribution in [-0.2, 0) is 4.79 Å². The van der Waals surface area contributed by atoms with Gasteiger partial charge in [0.15, 0.2) is 0 Å². The lowest BCUT2D eigenvalue weighted by atomic mass is 9.76. The second-order valence-corrected chi connectivity index (χ2v) is 6.79. The van der Waals surface area contributed by atoms with Gasteiger partial charge in [-0.25, -0.2) is 9.78 Å². The van der Waals surface area contributed by atoms with E-state index >= 15 is 0 Å². The summed E-state index contributed by atoms with van der Waals surface area (Å²) in [7, 11) is 0. The third-order valence-electron chi connectivity index (χ3n) is 4.51. The summed E-state index contributed by atoms with van der Waals surface area (Å²) in [6.45, 7) is 4.56. The predicted molar refractivity (Wildman–Crippen MR) is 78.6 cm³/mol. The summed E-state index contributed by atoms with van der Waals surface area (Å²) in [6.07, 6.45) is 3.85. The molecular formula is C15H21N3O3. The van der Waals surface area contributed by atoms with Gasteiger partial charge in [-0.05, 0) is 31.1 Å². The maximum absolute atomic E-state index is 11.9. The van der Waals surface area contributed by atoms with E-state index in [1.165, 1.54) is 6.07 Å². The Bertz CT molecular complexity index is 619. The lowest BCUT2D eigenvalue weighted by molar-refractivity contribution is -0.142. The van der Waals surface area contributed by atoms with Crippen LogP contribution in [0.5, 0.6) is 0 Å². The van der Waals surface area contributed by atoms with Crippen LogP contribution in [0.2, 0.25) is 0 Å². The lowest BCUT2D eigenvalue weighted by Gasteiger charge is -2.44. The van der Waals surface area contributed by atoms with Gasteiger partial charge in [-0.2, -0.15) is 0 Å². The van der Waals surface area contributed by atoms with E-state index in [0.717, 1.165) is 25.7 Å². The molecule has 1 aromatic heterocycles. The summed E-state index contributed by atoms with van der Waals surface area (Å²) in [5.41, 5.74) is -0.539. The number of piperidine rings is 1. The third kappa shape index (κ3) is 2.66. The van der Waals surface area contributed by atoms with Gasteiger partial charge in [0.2, 0.25) is 0 Å². The molecule has 0 spiro atoms. The summed E-state index contributed by atoms with van der Waals surface area (Å²) in [5, 5.41) is 9.61. The van der Waals surface area contributed by atoms with E-state index < -0.39 is 12.0 Å². The molecule has 0 radical (unpaired) electrons. The number of carboxylic acids is 1. The molecule has 2 N–H and O–H groups in total. The van der Waals surface area contributed by atoms with Crippen LogP contribution in [0.4, 0.5) is 5.82 Å². The van der Waals surface area contributed by atoms with Crippen LogP contribution >= 0.6 is 0 Å². The van der Waals surface area contributed by atoms with Crippen molar-refractivity contribution in [2.45, 2.75) is 51.5 Å². The number of aromatic nitrogens is 2. The highest BCUT2D eigenvalue weighted by atomic mass is 16.4. The Morgan fingerprint density at radius 1 is 1.48 bits per heavy atom. The number of hydrogen-bond acceptors (Lipinski definition) is 4. The van der Waals surface area contributed by atoms with E-state index in [0.29, 0.717) is 24.1 Å². The second-order valence-electron chi connectivity index (χ2n) is 6.79. The van der Waals surface area contributed by atoms with E-state index in [9.17, 15) is 14.7 Å². The molecule has 1 aliphatic heterocycles. The van der Waals surface area contributed by atoms with E-state index in [-0.39, 0.29) is 11.0 Å². The van der Waals surface area contributed by atoms with Gasteiger partial charge >= 0.3 is 5.97 Å². The van der Waals surface area contributed by atoms with Crippen molar-refractivity contribution in [3.05, 3.63) is 22.2 Å². The maximum atomic E-state index is 11.9. The molecule has 1 atom stereocenters. The number of anilines is 1. The Morgan fingerprint density at radius 2 is 2.19 bits per heavy atom. The van der Waals surface area contributed by atoms with Crippen LogP contribution in [0.1, 0.15) is 51.3 Å². The third-order valence-corrected chi connectivity index (χ3v) is 4.51. The van der Waals surface area contributed by atoms with Crippen molar-refractivity contribution in [1.29, 1.82) is 0 Å². The molecule has 0 amide bonds. The zero-order chi connectivity index (χ0) is 15.2. The van der Waals surface area contributed by atoms with Gasteiger partial charge in [0.1, 0.15) is 17.7 Å². The van der Waals surface area contributed by atoms with Crippen LogP contribution < -0.4 is 10.5 Å². The van der Waals surface area contributed by atoms with Gasteiger partial charge in [0.25, 0.3) is 5.56 Å². The van der Waals surface area contributed by atoms with Gasteiger partial charge in [0.05, 0.1) is 0 Å². The fraction of sp³-hybridized carbons (Fsp3) is 0.667. The van der Waals surface area contributed by atoms with Crippen molar-refractivity contribution in [2.75, 3.05) is 11.4 Å². The first-order chi connectivity index (χ1) is 9.88. The summed E-state index contributed by atoms with van der Waals surface area (Å²) in [5.74, 6) is 0.680. The summed E-state index contributed by atoms with van der Waals surface area (Å²) < 4.78 is 0. The van der Waals surface area contributed by atoms with Crippen molar-refractivity contribution < 1.29 is 9.90 Å². The molecule has 1 aromatic rings. The molecule has 2 fully saturated rings. The number of H-pyrrole nitrogens is 1. The molecule has 21 heavy (non-hydrogen) atoms. The van der Waals surface area contributed by atoms with E-state index in [1.54, 1.807) is 4.90 Å². The molecule has 0 aromatic carbocycles. The van der Waals surface area contributed by atoms with Crippen LogP contribution in [-0.4, -0.2) is 33.6 Å². The molecule has 2 aliphatic rings. The van der Waals surface area contributed by atoms with Gasteiger partial charge in [0, 0.05) is 18.5 Å². The minimum atomic E-state index is -0.852. The highest BCUT2D eigenvalue weighted by Crippen LogP contribution is 2.40. The van der Waals surface area contributed by atoms with E-state index in [4.69, 9.17) is 0 Å². The first-order valence-corrected chi connectivity index (χ1v) is 7.49. The largest absolute Gasteiger partial charge is 0.480 e. The first-order valence-electron chi connectivity index (χ1n) is 7.49. The monoisotopic (exact) mass is 291 g/mol. The Hall–Kier alpha value is -1.85. The fourth-order valence-electron chi connectivity index (χ4n) is 3.27. The smallest absolute Gasteiger partial charge is 0.326 e. The summed E-state index contributed by atoms with van der Waals surface area (Å²) >= 11 is 0. The number of carbonyl (C=O) groups is 1. The molecule has 3 rings (SSSR count). The number of aliphatic carboxylic acids is 1. The fourth-order valence-corrected chi connectivity index (χ4v) is 3.27. The van der Waals surface area contributed by atoms with E-state index in [1.807, 2.05) is 13.8 Å². The van der Waals surface area contributed by atoms with Crippen LogP contribution in [0.3, 0.4) is 0 Å². The van der Waals surface area contributed by atoms with Crippen molar-refractivity contribution in [2.24, 2.45) is 5.41 Å². The first kappa shape index (κ1) is 14.1. The summed E-state index contributed by atoms with van der Waals surface area (Å²) in [6, 6.07) is 0.774. The highest BCUT2D eigenvalue weighted by Gasteiger charge is 2.43. The van der Waals surface area contributed by atoms with Crippen molar-refractivity contribution in [1.82, 2.24) is 9.97 Å². The molecule has 1 saturated heterocycles. The molecule has 6 nitrogen and oxygen atoms in total. The number of nitrogens with zero attached hydrogens (tertiary/aromatic N) is 2. The SMILES string of the molecule is CC1(C)CCCN(c2cc(=O)[nH]c(C3CC3)n2)C1C(=O)O. The Balaban J connectivity index is 2.01. The molecule has 114 valence electrons. The van der Waals surface area contributed by atoms with Crippen molar-refractivity contribution >= 4 is 11.8 Å². The molecule has 0 bridgehead atoms. The van der Waals surface area contributed by atoms with Gasteiger partial charge in [-0.15, -0.1) is 0 Å². The second kappa shape index (κ2) is 4.86. The van der Waals surface area contributed by atoms with Crippen LogP contribution in [0.15, 0.2) is 10.9 Å². The average Bonchev–Trinajstić information content (AvgIpc) is 3.20. The van der Waals surface area contributed by atoms with E-state index in [2.05, 4.69) is 9.97 Å². The quantitative estimate of drug-likeness (QED) is 0.885. The number of carboxylic acid groups (broad SMARTS) is 1. The minimum Gasteiger partial charge on any atom is -0.480 e. The van der Waals surface area contributed by atoms with Crippen LogP contribution in [0.25, 0.3) is 0 Å². The number of nitrogens with one attached hydrogen (secondary N) is 1. The minimum absolute atomic E-state index is 0.200. The zero-order valence-corrected chi connectivity index (χ0v) is 12.4. The lowest BCUT2D eigenvalue weighted by Crippen LogP contribution is -2.55. The Kier molecular flexibility index (Phi) is 3.26. The van der Waals surface area contributed by atoms with Gasteiger partial charge < -0.3 is 15.0 Å². The average molecular weight is 291 g/mol. The zero-order valence-electron chi connectivity index (χ0n) is 12.4. The molecule has 1 saturated carbocycles. The van der Waals surface area contributed by atoms with Gasteiger partial charge in [-0.1, -0.05) is 13.8 Å². The Morgan fingerprint density at radius 3 is 2.81 bits per heavy atom. The molecule has 1 unspecified atom stereocenters. The molecular weight excluding hydrogens is 270 g/mol.